The van der Waals surface area contributed by atoms with Crippen molar-refractivity contribution in [1.29, 1.82) is 0 Å². The maximum atomic E-state index is 14.3. The molecule has 25 heavy (non-hydrogen) atoms. The third-order valence-electron chi connectivity index (χ3n) is 5.42. The molecule has 2 fully saturated rings. The highest BCUT2D eigenvalue weighted by Gasteiger charge is 2.47. The molecule has 3 atom stereocenters. The van der Waals surface area contributed by atoms with Crippen molar-refractivity contribution in [3.8, 4) is 11.1 Å². The first kappa shape index (κ1) is 16.3. The summed E-state index contributed by atoms with van der Waals surface area (Å²) >= 11 is 0. The quantitative estimate of drug-likeness (QED) is 0.931. The lowest BCUT2D eigenvalue weighted by Crippen LogP contribution is -2.33. The SMILES string of the molecule is Cc1ccc(C2CC2C(=O)N2CCC(N)C2)c(-c2ccccc2F)c1. The van der Waals surface area contributed by atoms with E-state index in [9.17, 15) is 9.18 Å². The number of benzene rings is 2. The largest absolute Gasteiger partial charge is 0.341 e. The summed E-state index contributed by atoms with van der Waals surface area (Å²) < 4.78 is 14.3. The van der Waals surface area contributed by atoms with Crippen LogP contribution in [0.15, 0.2) is 42.5 Å². The van der Waals surface area contributed by atoms with Gasteiger partial charge < -0.3 is 10.6 Å². The number of likely N-dealkylation sites (tertiary alicyclic amines) is 1. The molecule has 1 heterocycles. The number of nitrogens with two attached hydrogens (primary N) is 1. The predicted molar refractivity (Wildman–Crippen MR) is 96.6 cm³/mol. The molecule has 1 aliphatic heterocycles. The van der Waals surface area contributed by atoms with Crippen molar-refractivity contribution >= 4 is 5.91 Å². The molecule has 2 N–H and O–H groups in total. The molecule has 2 aromatic carbocycles. The minimum atomic E-state index is -0.219. The maximum Gasteiger partial charge on any atom is 0.226 e. The molecule has 2 aliphatic rings. The van der Waals surface area contributed by atoms with Crippen molar-refractivity contribution in [1.82, 2.24) is 4.90 Å². The number of carbonyl (C=O) groups is 1. The predicted octanol–water partition coefficient (Wildman–Crippen LogP) is 3.46. The lowest BCUT2D eigenvalue weighted by atomic mass is 9.93. The van der Waals surface area contributed by atoms with Gasteiger partial charge in [0.2, 0.25) is 5.91 Å². The van der Waals surface area contributed by atoms with Crippen LogP contribution in [0.3, 0.4) is 0 Å². The molecule has 3 unspecified atom stereocenters. The number of aryl methyl sites for hydroxylation is 1. The molecule has 1 aliphatic carbocycles. The Bertz CT molecular complexity index is 819. The van der Waals surface area contributed by atoms with Crippen LogP contribution in [0.2, 0.25) is 0 Å². The van der Waals surface area contributed by atoms with Gasteiger partial charge >= 0.3 is 0 Å². The van der Waals surface area contributed by atoms with Crippen LogP contribution in [0, 0.1) is 18.7 Å². The molecule has 2 aromatic rings. The third kappa shape index (κ3) is 3.07. The summed E-state index contributed by atoms with van der Waals surface area (Å²) in [5.74, 6) is 0.180. The van der Waals surface area contributed by atoms with Gasteiger partial charge in [0.1, 0.15) is 5.82 Å². The number of rotatable bonds is 3. The summed E-state index contributed by atoms with van der Waals surface area (Å²) in [4.78, 5) is 14.6. The van der Waals surface area contributed by atoms with Crippen LogP contribution in [0.1, 0.15) is 29.9 Å². The van der Waals surface area contributed by atoms with Crippen molar-refractivity contribution < 1.29 is 9.18 Å². The molecule has 0 spiro atoms. The van der Waals surface area contributed by atoms with Gasteiger partial charge in [-0.05, 0) is 42.9 Å². The van der Waals surface area contributed by atoms with Crippen LogP contribution in [0.4, 0.5) is 4.39 Å². The molecule has 0 bridgehead atoms. The fourth-order valence-corrected chi connectivity index (χ4v) is 3.94. The van der Waals surface area contributed by atoms with Crippen molar-refractivity contribution in [3.05, 3.63) is 59.4 Å². The van der Waals surface area contributed by atoms with Crippen molar-refractivity contribution in [3.63, 3.8) is 0 Å². The first-order valence-corrected chi connectivity index (χ1v) is 8.94. The van der Waals surface area contributed by atoms with E-state index in [1.165, 1.54) is 6.07 Å². The Balaban J connectivity index is 1.62. The Labute approximate surface area is 147 Å². The number of halogens is 1. The summed E-state index contributed by atoms with van der Waals surface area (Å²) in [6.07, 6.45) is 1.73. The van der Waals surface area contributed by atoms with Gasteiger partial charge in [0.05, 0.1) is 0 Å². The second kappa shape index (κ2) is 6.26. The number of nitrogens with zero attached hydrogens (tertiary/aromatic N) is 1. The van der Waals surface area contributed by atoms with Gasteiger partial charge in [0.15, 0.2) is 0 Å². The molecule has 0 aromatic heterocycles. The van der Waals surface area contributed by atoms with E-state index < -0.39 is 0 Å². The molecule has 130 valence electrons. The topological polar surface area (TPSA) is 46.3 Å². The fourth-order valence-electron chi connectivity index (χ4n) is 3.94. The molecule has 1 amide bonds. The molecule has 3 nitrogen and oxygen atoms in total. The van der Waals surface area contributed by atoms with Gasteiger partial charge in [0, 0.05) is 30.6 Å². The maximum absolute atomic E-state index is 14.3. The van der Waals surface area contributed by atoms with Crippen molar-refractivity contribution in [2.75, 3.05) is 13.1 Å². The minimum Gasteiger partial charge on any atom is -0.341 e. The van der Waals surface area contributed by atoms with E-state index in [0.29, 0.717) is 12.1 Å². The minimum absolute atomic E-state index is 0.0125. The van der Waals surface area contributed by atoms with E-state index in [4.69, 9.17) is 5.73 Å². The lowest BCUT2D eigenvalue weighted by molar-refractivity contribution is -0.131. The molecular weight excluding hydrogens is 315 g/mol. The van der Waals surface area contributed by atoms with Crippen LogP contribution in [0.5, 0.6) is 0 Å². The summed E-state index contributed by atoms with van der Waals surface area (Å²) in [5, 5.41) is 0. The van der Waals surface area contributed by atoms with E-state index in [2.05, 4.69) is 6.07 Å². The summed E-state index contributed by atoms with van der Waals surface area (Å²) in [6, 6.07) is 13.1. The molecular formula is C21H23FN2O. The fraction of sp³-hybridized carbons (Fsp3) is 0.381. The van der Waals surface area contributed by atoms with Gasteiger partial charge in [-0.3, -0.25) is 4.79 Å². The molecule has 1 saturated heterocycles. The average molecular weight is 338 g/mol. The highest BCUT2D eigenvalue weighted by molar-refractivity contribution is 5.84. The van der Waals surface area contributed by atoms with E-state index in [1.54, 1.807) is 6.07 Å². The molecule has 1 saturated carbocycles. The summed E-state index contributed by atoms with van der Waals surface area (Å²) in [6.45, 7) is 3.43. The number of hydrogen-bond acceptors (Lipinski definition) is 2. The highest BCUT2D eigenvalue weighted by Crippen LogP contribution is 2.51. The van der Waals surface area contributed by atoms with Gasteiger partial charge in [-0.15, -0.1) is 0 Å². The summed E-state index contributed by atoms with van der Waals surface area (Å²) in [5.41, 5.74) is 9.63. The second-order valence-corrected chi connectivity index (χ2v) is 7.35. The number of hydrogen-bond donors (Lipinski definition) is 1. The third-order valence-corrected chi connectivity index (χ3v) is 5.42. The molecule has 4 heteroatoms. The zero-order valence-corrected chi connectivity index (χ0v) is 14.4. The zero-order chi connectivity index (χ0) is 17.6. The zero-order valence-electron chi connectivity index (χ0n) is 14.4. The highest BCUT2D eigenvalue weighted by atomic mass is 19.1. The number of amides is 1. The van der Waals surface area contributed by atoms with Gasteiger partial charge in [-0.2, -0.15) is 0 Å². The first-order valence-electron chi connectivity index (χ1n) is 8.94. The molecule has 0 radical (unpaired) electrons. The smallest absolute Gasteiger partial charge is 0.226 e. The average Bonchev–Trinajstić information content (AvgIpc) is 3.27. The summed E-state index contributed by atoms with van der Waals surface area (Å²) in [7, 11) is 0. The number of carbonyl (C=O) groups excluding carboxylic acids is 1. The van der Waals surface area contributed by atoms with E-state index in [-0.39, 0.29) is 29.6 Å². The van der Waals surface area contributed by atoms with E-state index >= 15 is 0 Å². The van der Waals surface area contributed by atoms with Crippen molar-refractivity contribution in [2.24, 2.45) is 11.7 Å². The Morgan fingerprint density at radius 3 is 2.72 bits per heavy atom. The Hall–Kier alpha value is -2.20. The van der Waals surface area contributed by atoms with Gasteiger partial charge in [-0.1, -0.05) is 42.0 Å². The monoisotopic (exact) mass is 338 g/mol. The Morgan fingerprint density at radius 2 is 2.00 bits per heavy atom. The van der Waals surface area contributed by atoms with E-state index in [1.807, 2.05) is 36.1 Å². The van der Waals surface area contributed by atoms with Gasteiger partial charge in [-0.25, -0.2) is 4.39 Å². The van der Waals surface area contributed by atoms with Crippen LogP contribution >= 0.6 is 0 Å². The van der Waals surface area contributed by atoms with E-state index in [0.717, 1.165) is 36.1 Å². The Morgan fingerprint density at radius 1 is 1.20 bits per heavy atom. The first-order chi connectivity index (χ1) is 12.0. The standard InChI is InChI=1S/C21H23FN2O/c1-13-6-7-15(17(10-13)16-4-2-3-5-20(16)22)18-11-19(18)21(25)24-9-8-14(23)12-24/h2-7,10,14,18-19H,8-9,11-12,23H2,1H3. The lowest BCUT2D eigenvalue weighted by Gasteiger charge is -2.16. The van der Waals surface area contributed by atoms with Crippen LogP contribution in [-0.4, -0.2) is 29.9 Å². The van der Waals surface area contributed by atoms with Crippen LogP contribution < -0.4 is 5.73 Å². The van der Waals surface area contributed by atoms with Crippen LogP contribution in [-0.2, 0) is 4.79 Å². The van der Waals surface area contributed by atoms with Crippen molar-refractivity contribution in [2.45, 2.75) is 31.7 Å². The van der Waals surface area contributed by atoms with Crippen LogP contribution in [0.25, 0.3) is 11.1 Å². The molecule has 4 rings (SSSR count). The van der Waals surface area contributed by atoms with Gasteiger partial charge in [0.25, 0.3) is 0 Å². The normalized spacial score (nSPS) is 25.2. The Kier molecular flexibility index (Phi) is 4.08. The second-order valence-electron chi connectivity index (χ2n) is 7.35.